The molecule has 1 saturated heterocycles. The maximum Gasteiger partial charge on any atom is 0.273 e. The number of methoxy groups -OCH3 is 4. The van der Waals surface area contributed by atoms with E-state index in [2.05, 4.69) is 17.9 Å². The molecule has 0 N–H and O–H groups in total. The van der Waals surface area contributed by atoms with Gasteiger partial charge < -0.3 is 23.8 Å². The van der Waals surface area contributed by atoms with Crippen molar-refractivity contribution < 1.29 is 23.7 Å². The van der Waals surface area contributed by atoms with E-state index < -0.39 is 0 Å². The van der Waals surface area contributed by atoms with Crippen molar-refractivity contribution in [3.63, 3.8) is 0 Å². The summed E-state index contributed by atoms with van der Waals surface area (Å²) in [5.41, 5.74) is 2.75. The van der Waals surface area contributed by atoms with E-state index in [1.165, 1.54) is 0 Å². The SMILES string of the molecule is COc1ccc(CN(CCc2ccc(OC)c(OC)c2)Cc2nc(C(=O)N3CCC(C)CC3)cs2)c(OC)c1. The molecule has 1 amide bonds. The number of hydrogen-bond acceptors (Lipinski definition) is 8. The topological polar surface area (TPSA) is 73.4 Å². The lowest BCUT2D eigenvalue weighted by Crippen LogP contribution is -2.38. The van der Waals surface area contributed by atoms with Crippen LogP contribution in [0.2, 0.25) is 0 Å². The molecule has 0 unspecified atom stereocenters. The van der Waals surface area contributed by atoms with Gasteiger partial charge >= 0.3 is 0 Å². The highest BCUT2D eigenvalue weighted by Gasteiger charge is 2.24. The monoisotopic (exact) mass is 553 g/mol. The number of thiazole rings is 1. The van der Waals surface area contributed by atoms with Crippen LogP contribution in [0.4, 0.5) is 0 Å². The summed E-state index contributed by atoms with van der Waals surface area (Å²) in [4.78, 5) is 22.1. The predicted octanol–water partition coefficient (Wildman–Crippen LogP) is 5.29. The van der Waals surface area contributed by atoms with Gasteiger partial charge in [-0.1, -0.05) is 19.1 Å². The molecule has 0 saturated carbocycles. The van der Waals surface area contributed by atoms with Gasteiger partial charge in [0.05, 0.1) is 35.0 Å². The molecule has 1 aromatic heterocycles. The Kier molecular flexibility index (Phi) is 10.1. The number of likely N-dealkylation sites (tertiary alicyclic amines) is 1. The van der Waals surface area contributed by atoms with E-state index in [9.17, 15) is 4.79 Å². The minimum absolute atomic E-state index is 0.0399. The van der Waals surface area contributed by atoms with Gasteiger partial charge in [-0.3, -0.25) is 9.69 Å². The lowest BCUT2D eigenvalue weighted by molar-refractivity contribution is 0.0691. The Morgan fingerprint density at radius 3 is 2.38 bits per heavy atom. The van der Waals surface area contributed by atoms with Crippen LogP contribution in [0.5, 0.6) is 23.0 Å². The molecule has 0 atom stereocenters. The van der Waals surface area contributed by atoms with Gasteiger partial charge in [-0.05, 0) is 48.9 Å². The number of benzene rings is 2. The Labute approximate surface area is 235 Å². The van der Waals surface area contributed by atoms with Crippen LogP contribution < -0.4 is 18.9 Å². The highest BCUT2D eigenvalue weighted by Crippen LogP contribution is 2.29. The van der Waals surface area contributed by atoms with Crippen molar-refractivity contribution in [3.05, 3.63) is 63.6 Å². The van der Waals surface area contributed by atoms with Gasteiger partial charge in [0.25, 0.3) is 5.91 Å². The van der Waals surface area contributed by atoms with Gasteiger partial charge in [-0.2, -0.15) is 0 Å². The van der Waals surface area contributed by atoms with Crippen molar-refractivity contribution in [3.8, 4) is 23.0 Å². The molecule has 0 radical (unpaired) electrons. The second-order valence-electron chi connectivity index (χ2n) is 9.93. The number of carbonyl (C=O) groups is 1. The van der Waals surface area contributed by atoms with Crippen molar-refractivity contribution >= 4 is 17.2 Å². The molecule has 0 bridgehead atoms. The quantitative estimate of drug-likeness (QED) is 0.302. The van der Waals surface area contributed by atoms with Crippen molar-refractivity contribution in [2.45, 2.75) is 39.3 Å². The predicted molar refractivity (Wildman–Crippen MR) is 153 cm³/mol. The number of hydrogen-bond donors (Lipinski definition) is 0. The van der Waals surface area contributed by atoms with E-state index >= 15 is 0 Å². The Morgan fingerprint density at radius 2 is 1.69 bits per heavy atom. The fourth-order valence-electron chi connectivity index (χ4n) is 4.81. The molecular formula is C30H39N3O5S. The number of carbonyl (C=O) groups excluding carboxylic acids is 1. The highest BCUT2D eigenvalue weighted by atomic mass is 32.1. The summed E-state index contributed by atoms with van der Waals surface area (Å²) < 4.78 is 21.9. The minimum Gasteiger partial charge on any atom is -0.497 e. The summed E-state index contributed by atoms with van der Waals surface area (Å²) >= 11 is 1.54. The number of aromatic nitrogens is 1. The first-order valence-corrected chi connectivity index (χ1v) is 14.2. The summed E-state index contributed by atoms with van der Waals surface area (Å²) in [5.74, 6) is 3.67. The molecule has 1 fully saturated rings. The number of rotatable bonds is 12. The third-order valence-electron chi connectivity index (χ3n) is 7.25. The van der Waals surface area contributed by atoms with Crippen LogP contribution >= 0.6 is 11.3 Å². The standard InChI is InChI=1S/C30H39N3O5S/c1-21-10-14-33(15-11-21)30(34)25-20-39-29(31-25)19-32(18-23-7-8-24(35-2)17-27(23)37-4)13-12-22-6-9-26(36-3)28(16-22)38-5/h6-9,16-17,20-21H,10-15,18-19H2,1-5H3. The van der Waals surface area contributed by atoms with Crippen molar-refractivity contribution in [2.75, 3.05) is 48.1 Å². The first-order valence-electron chi connectivity index (χ1n) is 13.3. The second kappa shape index (κ2) is 13.7. The number of amides is 1. The largest absolute Gasteiger partial charge is 0.497 e. The van der Waals surface area contributed by atoms with E-state index in [1.807, 2.05) is 40.6 Å². The maximum atomic E-state index is 13.1. The average molecular weight is 554 g/mol. The van der Waals surface area contributed by atoms with Crippen LogP contribution in [0.25, 0.3) is 0 Å². The molecule has 2 heterocycles. The molecule has 1 aliphatic heterocycles. The highest BCUT2D eigenvalue weighted by molar-refractivity contribution is 7.09. The molecule has 1 aliphatic rings. The van der Waals surface area contributed by atoms with Crippen molar-refractivity contribution in [1.29, 1.82) is 0 Å². The molecule has 39 heavy (non-hydrogen) atoms. The third-order valence-corrected chi connectivity index (χ3v) is 8.09. The molecule has 210 valence electrons. The molecule has 0 spiro atoms. The summed E-state index contributed by atoms with van der Waals surface area (Å²) in [6, 6.07) is 11.9. The van der Waals surface area contributed by atoms with Gasteiger partial charge in [0.15, 0.2) is 11.5 Å². The van der Waals surface area contributed by atoms with Crippen LogP contribution in [0, 0.1) is 5.92 Å². The van der Waals surface area contributed by atoms with E-state index in [4.69, 9.17) is 23.9 Å². The van der Waals surface area contributed by atoms with Crippen LogP contribution in [0.3, 0.4) is 0 Å². The number of nitrogens with zero attached hydrogens (tertiary/aromatic N) is 3. The molecule has 8 nitrogen and oxygen atoms in total. The van der Waals surface area contributed by atoms with E-state index in [1.54, 1.807) is 39.8 Å². The zero-order chi connectivity index (χ0) is 27.8. The van der Waals surface area contributed by atoms with Crippen LogP contribution in [0.15, 0.2) is 41.8 Å². The molecule has 0 aliphatic carbocycles. The number of ether oxygens (including phenoxy) is 4. The Balaban J connectivity index is 1.51. The van der Waals surface area contributed by atoms with Crippen LogP contribution in [0.1, 0.15) is 46.4 Å². The first-order chi connectivity index (χ1) is 18.9. The third kappa shape index (κ3) is 7.42. The van der Waals surface area contributed by atoms with Gasteiger partial charge in [0, 0.05) is 43.2 Å². The molecular weight excluding hydrogens is 514 g/mol. The number of piperidine rings is 1. The lowest BCUT2D eigenvalue weighted by Gasteiger charge is -2.29. The van der Waals surface area contributed by atoms with Crippen LogP contribution in [-0.4, -0.2) is 68.8 Å². The molecule has 3 aromatic rings. The van der Waals surface area contributed by atoms with Gasteiger partial charge in [-0.15, -0.1) is 11.3 Å². The summed E-state index contributed by atoms with van der Waals surface area (Å²) in [6.07, 6.45) is 2.91. The van der Waals surface area contributed by atoms with E-state index in [0.717, 1.165) is 66.5 Å². The summed E-state index contributed by atoms with van der Waals surface area (Å²) in [5, 5.41) is 2.82. The minimum atomic E-state index is 0.0399. The van der Waals surface area contributed by atoms with Gasteiger partial charge in [0.2, 0.25) is 0 Å². The fourth-order valence-corrected chi connectivity index (χ4v) is 5.62. The van der Waals surface area contributed by atoms with Crippen molar-refractivity contribution in [2.24, 2.45) is 5.92 Å². The average Bonchev–Trinajstić information content (AvgIpc) is 3.44. The zero-order valence-corrected chi connectivity index (χ0v) is 24.4. The molecule has 4 rings (SSSR count). The Bertz CT molecular complexity index is 1240. The maximum absolute atomic E-state index is 13.1. The Hall–Kier alpha value is -3.30. The smallest absolute Gasteiger partial charge is 0.273 e. The first kappa shape index (κ1) is 28.7. The van der Waals surface area contributed by atoms with Gasteiger partial charge in [0.1, 0.15) is 22.2 Å². The molecule has 9 heteroatoms. The van der Waals surface area contributed by atoms with Gasteiger partial charge in [-0.25, -0.2) is 4.98 Å². The van der Waals surface area contributed by atoms with Crippen LogP contribution in [-0.2, 0) is 19.5 Å². The zero-order valence-electron chi connectivity index (χ0n) is 23.6. The summed E-state index contributed by atoms with van der Waals surface area (Å²) in [6.45, 7) is 5.92. The van der Waals surface area contributed by atoms with E-state index in [-0.39, 0.29) is 5.91 Å². The lowest BCUT2D eigenvalue weighted by atomic mass is 9.99. The Morgan fingerprint density at radius 1 is 0.949 bits per heavy atom. The normalized spacial score (nSPS) is 13.9. The summed E-state index contributed by atoms with van der Waals surface area (Å²) in [7, 11) is 6.61. The molecule has 2 aromatic carbocycles. The van der Waals surface area contributed by atoms with Crippen molar-refractivity contribution in [1.82, 2.24) is 14.8 Å². The van der Waals surface area contributed by atoms with E-state index in [0.29, 0.717) is 36.2 Å². The second-order valence-corrected chi connectivity index (χ2v) is 10.9. The fraction of sp³-hybridized carbons (Fsp3) is 0.467.